The quantitative estimate of drug-likeness (QED) is 0.923. The lowest BCUT2D eigenvalue weighted by molar-refractivity contribution is 0.0648. The van der Waals surface area contributed by atoms with Crippen LogP contribution in [0.2, 0.25) is 0 Å². The summed E-state index contributed by atoms with van der Waals surface area (Å²) in [5, 5.41) is 3.39. The summed E-state index contributed by atoms with van der Waals surface area (Å²) in [7, 11) is 0. The van der Waals surface area contributed by atoms with Crippen LogP contribution in [0.15, 0.2) is 28.7 Å². The van der Waals surface area contributed by atoms with Crippen LogP contribution in [0.25, 0.3) is 0 Å². The number of nitrogens with one attached hydrogen (secondary N) is 1. The van der Waals surface area contributed by atoms with Crippen LogP contribution >= 0.6 is 15.9 Å². The van der Waals surface area contributed by atoms with E-state index in [9.17, 15) is 4.79 Å². The maximum atomic E-state index is 12.7. The molecule has 1 unspecified atom stereocenters. The number of benzene rings is 1. The first-order valence-corrected chi connectivity index (χ1v) is 7.79. The van der Waals surface area contributed by atoms with Gasteiger partial charge in [0.1, 0.15) is 0 Å². The molecule has 0 bridgehead atoms. The zero-order chi connectivity index (χ0) is 13.7. The maximum absolute atomic E-state index is 12.7. The largest absolute Gasteiger partial charge is 0.334 e. The standard InChI is InChI=1S/C15H21BrN2O/c1-2-10-18(12-6-5-9-17-11-12)15(19)13-7-3-4-8-14(13)16/h3-4,7-8,12,17H,2,5-6,9-11H2,1H3. The van der Waals surface area contributed by atoms with E-state index in [4.69, 9.17) is 0 Å². The zero-order valence-electron chi connectivity index (χ0n) is 11.4. The van der Waals surface area contributed by atoms with Gasteiger partial charge in [0.05, 0.1) is 5.56 Å². The first-order chi connectivity index (χ1) is 9.24. The van der Waals surface area contributed by atoms with E-state index in [0.717, 1.165) is 48.9 Å². The van der Waals surface area contributed by atoms with E-state index in [2.05, 4.69) is 28.2 Å². The number of halogens is 1. The summed E-state index contributed by atoms with van der Waals surface area (Å²) in [6.07, 6.45) is 3.24. The lowest BCUT2D eigenvalue weighted by Crippen LogP contribution is -2.49. The molecule has 1 saturated heterocycles. The summed E-state index contributed by atoms with van der Waals surface area (Å²) in [4.78, 5) is 14.8. The van der Waals surface area contributed by atoms with Gasteiger partial charge < -0.3 is 10.2 Å². The maximum Gasteiger partial charge on any atom is 0.255 e. The Labute approximate surface area is 123 Å². The van der Waals surface area contributed by atoms with Crippen LogP contribution in [0.1, 0.15) is 36.5 Å². The Balaban J connectivity index is 2.18. The second kappa shape index (κ2) is 7.06. The van der Waals surface area contributed by atoms with Crippen LogP contribution in [0.4, 0.5) is 0 Å². The van der Waals surface area contributed by atoms with E-state index in [0.29, 0.717) is 6.04 Å². The van der Waals surface area contributed by atoms with Crippen molar-refractivity contribution in [2.24, 2.45) is 0 Å². The third kappa shape index (κ3) is 3.57. The molecule has 19 heavy (non-hydrogen) atoms. The number of amides is 1. The fourth-order valence-corrected chi connectivity index (χ4v) is 3.03. The van der Waals surface area contributed by atoms with Gasteiger partial charge in [-0.1, -0.05) is 19.1 Å². The fourth-order valence-electron chi connectivity index (χ4n) is 2.58. The fraction of sp³-hybridized carbons (Fsp3) is 0.533. The Morgan fingerprint density at radius 2 is 2.26 bits per heavy atom. The molecule has 0 saturated carbocycles. The van der Waals surface area contributed by atoms with Crippen molar-refractivity contribution in [2.75, 3.05) is 19.6 Å². The minimum absolute atomic E-state index is 0.142. The summed E-state index contributed by atoms with van der Waals surface area (Å²) in [6, 6.07) is 8.00. The van der Waals surface area contributed by atoms with Gasteiger partial charge in [-0.3, -0.25) is 4.79 Å². The Morgan fingerprint density at radius 1 is 1.47 bits per heavy atom. The van der Waals surface area contributed by atoms with Crippen LogP contribution in [-0.4, -0.2) is 36.5 Å². The van der Waals surface area contributed by atoms with E-state index in [1.807, 2.05) is 29.2 Å². The molecule has 0 spiro atoms. The third-order valence-electron chi connectivity index (χ3n) is 3.54. The van der Waals surface area contributed by atoms with Crippen molar-refractivity contribution in [3.8, 4) is 0 Å². The number of carbonyl (C=O) groups is 1. The van der Waals surface area contributed by atoms with Gasteiger partial charge in [0.15, 0.2) is 0 Å². The van der Waals surface area contributed by atoms with Crippen LogP contribution in [0.3, 0.4) is 0 Å². The first-order valence-electron chi connectivity index (χ1n) is 7.00. The molecule has 1 fully saturated rings. The summed E-state index contributed by atoms with van der Waals surface area (Å²) in [5.74, 6) is 0.142. The van der Waals surface area contributed by atoms with Crippen molar-refractivity contribution in [1.82, 2.24) is 10.2 Å². The van der Waals surface area contributed by atoms with Gasteiger partial charge in [-0.15, -0.1) is 0 Å². The molecule has 3 nitrogen and oxygen atoms in total. The van der Waals surface area contributed by atoms with E-state index in [1.165, 1.54) is 0 Å². The molecule has 1 amide bonds. The molecule has 1 atom stereocenters. The molecule has 1 heterocycles. The molecule has 1 aliphatic heterocycles. The number of rotatable bonds is 4. The van der Waals surface area contributed by atoms with E-state index < -0.39 is 0 Å². The predicted octanol–water partition coefficient (Wildman–Crippen LogP) is 3.05. The lowest BCUT2D eigenvalue weighted by atomic mass is 10.0. The SMILES string of the molecule is CCCN(C(=O)c1ccccc1Br)C1CCCNC1. The van der Waals surface area contributed by atoms with E-state index in [-0.39, 0.29) is 5.91 Å². The number of hydrogen-bond acceptors (Lipinski definition) is 2. The normalized spacial score (nSPS) is 19.2. The molecule has 0 aliphatic carbocycles. The summed E-state index contributed by atoms with van der Waals surface area (Å²) >= 11 is 3.48. The molecule has 1 aromatic rings. The molecule has 1 aliphatic rings. The van der Waals surface area contributed by atoms with Crippen molar-refractivity contribution in [3.63, 3.8) is 0 Å². The van der Waals surface area contributed by atoms with Crippen molar-refractivity contribution >= 4 is 21.8 Å². The number of carbonyl (C=O) groups excluding carboxylic acids is 1. The molecule has 4 heteroatoms. The zero-order valence-corrected chi connectivity index (χ0v) is 12.9. The molecule has 1 N–H and O–H groups in total. The molecule has 2 rings (SSSR count). The van der Waals surface area contributed by atoms with Crippen LogP contribution in [-0.2, 0) is 0 Å². The van der Waals surface area contributed by atoms with Crippen molar-refractivity contribution in [2.45, 2.75) is 32.2 Å². The van der Waals surface area contributed by atoms with Gasteiger partial charge in [-0.25, -0.2) is 0 Å². The molecule has 1 aromatic carbocycles. The van der Waals surface area contributed by atoms with Crippen molar-refractivity contribution in [1.29, 1.82) is 0 Å². The smallest absolute Gasteiger partial charge is 0.255 e. The molecular weight excluding hydrogens is 304 g/mol. The monoisotopic (exact) mass is 324 g/mol. The Bertz CT molecular complexity index is 430. The predicted molar refractivity (Wildman–Crippen MR) is 81.4 cm³/mol. The average Bonchev–Trinajstić information content (AvgIpc) is 2.45. The van der Waals surface area contributed by atoms with Crippen LogP contribution in [0, 0.1) is 0 Å². The highest BCUT2D eigenvalue weighted by molar-refractivity contribution is 9.10. The third-order valence-corrected chi connectivity index (χ3v) is 4.23. The van der Waals surface area contributed by atoms with Crippen LogP contribution in [0.5, 0.6) is 0 Å². The highest BCUT2D eigenvalue weighted by Crippen LogP contribution is 2.21. The second-order valence-corrected chi connectivity index (χ2v) is 5.83. The molecular formula is C15H21BrN2O. The number of piperidine rings is 1. The van der Waals surface area contributed by atoms with Gasteiger partial charge in [-0.2, -0.15) is 0 Å². The highest BCUT2D eigenvalue weighted by atomic mass is 79.9. The topological polar surface area (TPSA) is 32.3 Å². The average molecular weight is 325 g/mol. The minimum atomic E-state index is 0.142. The van der Waals surface area contributed by atoms with Crippen molar-refractivity contribution < 1.29 is 4.79 Å². The highest BCUT2D eigenvalue weighted by Gasteiger charge is 2.26. The first kappa shape index (κ1) is 14.5. The summed E-state index contributed by atoms with van der Waals surface area (Å²) < 4.78 is 0.880. The summed E-state index contributed by atoms with van der Waals surface area (Å²) in [5.41, 5.74) is 0.765. The Morgan fingerprint density at radius 3 is 2.89 bits per heavy atom. The Kier molecular flexibility index (Phi) is 5.40. The van der Waals surface area contributed by atoms with Crippen molar-refractivity contribution in [3.05, 3.63) is 34.3 Å². The summed E-state index contributed by atoms with van der Waals surface area (Å²) in [6.45, 7) is 4.93. The number of hydrogen-bond donors (Lipinski definition) is 1. The molecule has 0 radical (unpaired) electrons. The van der Waals surface area contributed by atoms with Gasteiger partial charge in [0, 0.05) is 23.6 Å². The van der Waals surface area contributed by atoms with Gasteiger partial charge in [-0.05, 0) is 53.9 Å². The van der Waals surface area contributed by atoms with E-state index in [1.54, 1.807) is 0 Å². The lowest BCUT2D eigenvalue weighted by Gasteiger charge is -2.35. The molecule has 104 valence electrons. The minimum Gasteiger partial charge on any atom is -0.334 e. The van der Waals surface area contributed by atoms with E-state index >= 15 is 0 Å². The number of nitrogens with zero attached hydrogens (tertiary/aromatic N) is 1. The van der Waals surface area contributed by atoms with Gasteiger partial charge in [0.25, 0.3) is 5.91 Å². The second-order valence-electron chi connectivity index (χ2n) is 4.98. The Hall–Kier alpha value is -0.870. The van der Waals surface area contributed by atoms with Gasteiger partial charge >= 0.3 is 0 Å². The molecule has 0 aromatic heterocycles. The van der Waals surface area contributed by atoms with Crippen LogP contribution < -0.4 is 5.32 Å². The van der Waals surface area contributed by atoms with Gasteiger partial charge in [0.2, 0.25) is 0 Å².